The Morgan fingerprint density at radius 3 is 2.47 bits per heavy atom. The number of aliphatic hydroxyl groups excluding tert-OH is 2. The Bertz CT molecular complexity index is 1190. The summed E-state index contributed by atoms with van der Waals surface area (Å²) >= 11 is 0. The third kappa shape index (κ3) is 6.76. The Labute approximate surface area is 223 Å². The molecule has 1 fully saturated rings. The second-order valence-corrected chi connectivity index (χ2v) is 9.78. The molecule has 3 aromatic carbocycles. The number of carbonyl (C=O) groups is 1. The maximum atomic E-state index is 13.8. The van der Waals surface area contributed by atoms with E-state index in [9.17, 15) is 19.4 Å². The third-order valence-electron chi connectivity index (χ3n) is 6.97. The summed E-state index contributed by atoms with van der Waals surface area (Å²) in [6.45, 7) is 2.78. The van der Waals surface area contributed by atoms with E-state index in [0.717, 1.165) is 35.3 Å². The van der Waals surface area contributed by atoms with Gasteiger partial charge in [0.2, 0.25) is 5.91 Å². The molecule has 1 aliphatic rings. The fourth-order valence-electron chi connectivity index (χ4n) is 5.02. The van der Waals surface area contributed by atoms with Crippen LogP contribution in [-0.2, 0) is 16.2 Å². The molecular weight excluding hydrogens is 485 g/mol. The van der Waals surface area contributed by atoms with Gasteiger partial charge in [0.05, 0.1) is 19.3 Å². The van der Waals surface area contributed by atoms with Gasteiger partial charge in [0.1, 0.15) is 18.0 Å². The summed E-state index contributed by atoms with van der Waals surface area (Å²) in [7, 11) is 2.01. The highest BCUT2D eigenvalue weighted by molar-refractivity contribution is 5.82. The lowest BCUT2D eigenvalue weighted by atomic mass is 9.89. The molecule has 3 aromatic rings. The normalized spacial score (nSPS) is 20.3. The van der Waals surface area contributed by atoms with Gasteiger partial charge in [0.15, 0.2) is 0 Å². The average Bonchev–Trinajstić information content (AvgIpc) is 3.30. The number of halogens is 1. The number of hydroxylamine groups is 2. The molecule has 0 spiro atoms. The van der Waals surface area contributed by atoms with Crippen LogP contribution >= 0.6 is 0 Å². The third-order valence-corrected chi connectivity index (χ3v) is 6.97. The van der Waals surface area contributed by atoms with Gasteiger partial charge in [-0.15, -0.1) is 0 Å². The predicted molar refractivity (Wildman–Crippen MR) is 146 cm³/mol. The Balaban J connectivity index is 1.44. The van der Waals surface area contributed by atoms with Crippen molar-refractivity contribution in [1.29, 1.82) is 0 Å². The molecule has 202 valence electrons. The molecule has 38 heavy (non-hydrogen) atoms. The summed E-state index contributed by atoms with van der Waals surface area (Å²) in [6.07, 6.45) is -0.833. The Morgan fingerprint density at radius 1 is 1.08 bits per heavy atom. The number of nitrogens with one attached hydrogen (secondary N) is 1. The van der Waals surface area contributed by atoms with Crippen LogP contribution < -0.4 is 10.2 Å². The van der Waals surface area contributed by atoms with E-state index in [4.69, 9.17) is 4.84 Å². The minimum atomic E-state index is -0.865. The van der Waals surface area contributed by atoms with Crippen molar-refractivity contribution in [3.63, 3.8) is 0 Å². The highest BCUT2D eigenvalue weighted by Crippen LogP contribution is 2.32. The maximum Gasteiger partial charge on any atom is 0.240 e. The number of carbonyl (C=O) groups excluding carboxylic acids is 1. The van der Waals surface area contributed by atoms with E-state index in [1.165, 1.54) is 12.1 Å². The maximum absolute atomic E-state index is 13.8. The molecule has 7 nitrogen and oxygen atoms in total. The lowest BCUT2D eigenvalue weighted by molar-refractivity contribution is -0.181. The first-order valence-electron chi connectivity index (χ1n) is 13.0. The lowest BCUT2D eigenvalue weighted by Crippen LogP contribution is -2.49. The van der Waals surface area contributed by atoms with E-state index < -0.39 is 24.2 Å². The number of anilines is 1. The SMILES string of the molecule is CC(O)C1C(C(=O)NCCCN(C)c2ccccc2)N(Cc2cccc(-c3cccc(F)c3)c2)O[C@@H]1CO. The molecule has 0 aromatic heterocycles. The topological polar surface area (TPSA) is 85.3 Å². The van der Waals surface area contributed by atoms with Crippen LogP contribution in [0.15, 0.2) is 78.9 Å². The van der Waals surface area contributed by atoms with Gasteiger partial charge in [-0.25, -0.2) is 4.39 Å². The van der Waals surface area contributed by atoms with Crippen LogP contribution in [0.25, 0.3) is 11.1 Å². The fourth-order valence-corrected chi connectivity index (χ4v) is 5.02. The second-order valence-electron chi connectivity index (χ2n) is 9.78. The van der Waals surface area contributed by atoms with Crippen LogP contribution in [0.1, 0.15) is 18.9 Å². The number of hydrogen-bond donors (Lipinski definition) is 3. The standard InChI is InChI=1S/C30H36FN3O4/c1-21(36)28-27(20-35)38-34(19-22-9-6-10-23(17-22)24-11-7-12-25(31)18-24)29(28)30(37)32-15-8-16-33(2)26-13-4-3-5-14-26/h3-7,9-14,17-18,21,27-29,35-36H,8,15-16,19-20H2,1-2H3,(H,32,37)/t21?,27-,28?,29?/m1/s1. The van der Waals surface area contributed by atoms with E-state index in [1.807, 2.05) is 67.7 Å². The van der Waals surface area contributed by atoms with Crippen LogP contribution in [0.4, 0.5) is 10.1 Å². The van der Waals surface area contributed by atoms with E-state index in [0.29, 0.717) is 6.54 Å². The van der Waals surface area contributed by atoms with Gasteiger partial charge in [0.25, 0.3) is 0 Å². The molecule has 3 N–H and O–H groups in total. The summed E-state index contributed by atoms with van der Waals surface area (Å²) in [5, 5.41) is 25.0. The molecule has 1 amide bonds. The van der Waals surface area contributed by atoms with Crippen LogP contribution in [0.5, 0.6) is 0 Å². The molecule has 0 aliphatic carbocycles. The molecule has 1 saturated heterocycles. The number of amides is 1. The van der Waals surface area contributed by atoms with Crippen molar-refractivity contribution in [3.8, 4) is 11.1 Å². The Morgan fingerprint density at radius 2 is 1.79 bits per heavy atom. The van der Waals surface area contributed by atoms with Crippen LogP contribution in [-0.4, -0.2) is 66.2 Å². The molecule has 4 rings (SSSR count). The molecule has 3 unspecified atom stereocenters. The highest BCUT2D eigenvalue weighted by Gasteiger charge is 2.49. The molecule has 8 heteroatoms. The fraction of sp³-hybridized carbons (Fsp3) is 0.367. The van der Waals surface area contributed by atoms with Gasteiger partial charge in [-0.2, -0.15) is 5.06 Å². The number of rotatable bonds is 11. The van der Waals surface area contributed by atoms with E-state index in [-0.39, 0.29) is 24.9 Å². The van der Waals surface area contributed by atoms with Crippen LogP contribution in [0.3, 0.4) is 0 Å². The molecule has 0 saturated carbocycles. The molecule has 0 radical (unpaired) electrons. The van der Waals surface area contributed by atoms with Crippen molar-refractivity contribution in [2.75, 3.05) is 31.6 Å². The van der Waals surface area contributed by atoms with Crippen molar-refractivity contribution in [1.82, 2.24) is 10.4 Å². The monoisotopic (exact) mass is 521 g/mol. The number of benzene rings is 3. The molecule has 0 bridgehead atoms. The second kappa shape index (κ2) is 13.0. The van der Waals surface area contributed by atoms with Crippen LogP contribution in [0, 0.1) is 11.7 Å². The highest BCUT2D eigenvalue weighted by atomic mass is 19.1. The first-order chi connectivity index (χ1) is 18.4. The zero-order valence-corrected chi connectivity index (χ0v) is 21.8. The van der Waals surface area contributed by atoms with Gasteiger partial charge in [-0.05, 0) is 60.4 Å². The van der Waals surface area contributed by atoms with Crippen LogP contribution in [0.2, 0.25) is 0 Å². The molecule has 1 aliphatic heterocycles. The summed E-state index contributed by atoms with van der Waals surface area (Å²) in [5.74, 6) is -1.16. The van der Waals surface area contributed by atoms with Crippen molar-refractivity contribution >= 4 is 11.6 Å². The number of aliphatic hydroxyl groups is 2. The van der Waals surface area contributed by atoms with E-state index in [2.05, 4.69) is 10.2 Å². The van der Waals surface area contributed by atoms with Gasteiger partial charge < -0.3 is 20.4 Å². The minimum Gasteiger partial charge on any atom is -0.394 e. The average molecular weight is 522 g/mol. The minimum absolute atomic E-state index is 0.254. The first-order valence-corrected chi connectivity index (χ1v) is 13.0. The van der Waals surface area contributed by atoms with Crippen molar-refractivity contribution in [2.45, 2.75) is 38.1 Å². The smallest absolute Gasteiger partial charge is 0.240 e. The molecule has 4 atom stereocenters. The summed E-state index contributed by atoms with van der Waals surface area (Å²) in [5.41, 5.74) is 3.56. The number of hydrogen-bond acceptors (Lipinski definition) is 6. The predicted octanol–water partition coefficient (Wildman–Crippen LogP) is 3.61. The Kier molecular flexibility index (Phi) is 9.47. The number of para-hydroxylation sites is 1. The van der Waals surface area contributed by atoms with Crippen molar-refractivity contribution in [2.24, 2.45) is 5.92 Å². The molecular formula is C30H36FN3O4. The summed E-state index contributed by atoms with van der Waals surface area (Å²) in [6, 6.07) is 23.2. The quantitative estimate of drug-likeness (QED) is 0.335. The zero-order valence-electron chi connectivity index (χ0n) is 21.8. The van der Waals surface area contributed by atoms with Crippen molar-refractivity contribution in [3.05, 3.63) is 90.2 Å². The Hall–Kier alpha value is -3.30. The van der Waals surface area contributed by atoms with Gasteiger partial charge in [-0.3, -0.25) is 9.63 Å². The summed E-state index contributed by atoms with van der Waals surface area (Å²) < 4.78 is 13.8. The van der Waals surface area contributed by atoms with Crippen molar-refractivity contribution < 1.29 is 24.2 Å². The van der Waals surface area contributed by atoms with Gasteiger partial charge >= 0.3 is 0 Å². The largest absolute Gasteiger partial charge is 0.394 e. The first kappa shape index (κ1) is 27.7. The van der Waals surface area contributed by atoms with E-state index >= 15 is 0 Å². The molecule has 1 heterocycles. The van der Waals surface area contributed by atoms with E-state index in [1.54, 1.807) is 18.1 Å². The van der Waals surface area contributed by atoms with Gasteiger partial charge in [0, 0.05) is 31.7 Å². The van der Waals surface area contributed by atoms with Gasteiger partial charge in [-0.1, -0.05) is 48.5 Å². The zero-order chi connectivity index (χ0) is 27.1. The summed E-state index contributed by atoms with van der Waals surface area (Å²) in [4.78, 5) is 21.5. The lowest BCUT2D eigenvalue weighted by Gasteiger charge is -2.27. The number of nitrogens with zero attached hydrogens (tertiary/aromatic N) is 2.